The largest absolute Gasteiger partial charge is 0.495 e. The number of aromatic nitrogens is 3. The van der Waals surface area contributed by atoms with Gasteiger partial charge in [-0.2, -0.15) is 0 Å². The van der Waals surface area contributed by atoms with Crippen molar-refractivity contribution in [2.75, 3.05) is 37.6 Å². The number of hydrogen-bond donors (Lipinski definition) is 3. The first-order chi connectivity index (χ1) is 19.1. The van der Waals surface area contributed by atoms with Crippen LogP contribution in [0.2, 0.25) is 0 Å². The van der Waals surface area contributed by atoms with E-state index < -0.39 is 0 Å². The Morgan fingerprint density at radius 2 is 1.92 bits per heavy atom. The zero-order chi connectivity index (χ0) is 27.2. The van der Waals surface area contributed by atoms with Crippen LogP contribution >= 0.6 is 0 Å². The van der Waals surface area contributed by atoms with Gasteiger partial charge < -0.3 is 34.6 Å². The summed E-state index contributed by atoms with van der Waals surface area (Å²) < 4.78 is 12.9. The number of aromatic amines is 1. The van der Waals surface area contributed by atoms with Crippen molar-refractivity contribution in [2.24, 2.45) is 0 Å². The highest BCUT2D eigenvalue weighted by molar-refractivity contribution is 6.04. The van der Waals surface area contributed by atoms with Crippen molar-refractivity contribution >= 4 is 23.2 Å². The molecule has 2 aromatic carbocycles. The standard InChI is InChI=1S/C29H32N6O4/c1-3-39-19-31-22-12-11-21(17-25(22)38-2)32-28(36)27-24-18-34(29(37)23-10-7-13-30-23)14-15-35(24)26(33-27)16-20-8-5-4-6-9-20/h4-13,17,30-31H,3,14-16,18-19H2,1-2H3,(H,32,36). The summed E-state index contributed by atoms with van der Waals surface area (Å²) in [5.41, 5.74) is 3.96. The molecule has 0 radical (unpaired) electrons. The van der Waals surface area contributed by atoms with E-state index in [-0.39, 0.29) is 18.4 Å². The van der Waals surface area contributed by atoms with Gasteiger partial charge in [-0.15, -0.1) is 0 Å². The van der Waals surface area contributed by atoms with Crippen LogP contribution in [0.1, 0.15) is 45.0 Å². The number of anilines is 2. The van der Waals surface area contributed by atoms with E-state index in [0.717, 1.165) is 17.1 Å². The molecule has 10 heteroatoms. The lowest BCUT2D eigenvalue weighted by molar-refractivity contribution is 0.0702. The molecule has 0 saturated heterocycles. The molecule has 0 bridgehead atoms. The lowest BCUT2D eigenvalue weighted by atomic mass is 10.1. The first kappa shape index (κ1) is 26.1. The number of benzene rings is 2. The third-order valence-corrected chi connectivity index (χ3v) is 6.65. The summed E-state index contributed by atoms with van der Waals surface area (Å²) in [6.07, 6.45) is 2.31. The summed E-state index contributed by atoms with van der Waals surface area (Å²) in [6, 6.07) is 18.9. The Labute approximate surface area is 227 Å². The van der Waals surface area contributed by atoms with Crippen molar-refractivity contribution in [3.63, 3.8) is 0 Å². The highest BCUT2D eigenvalue weighted by Gasteiger charge is 2.30. The van der Waals surface area contributed by atoms with Crippen LogP contribution in [0.5, 0.6) is 5.75 Å². The van der Waals surface area contributed by atoms with E-state index in [2.05, 4.69) is 20.2 Å². The molecule has 0 unspecified atom stereocenters. The topological polar surface area (TPSA) is 114 Å². The molecule has 0 saturated carbocycles. The van der Waals surface area contributed by atoms with Gasteiger partial charge >= 0.3 is 0 Å². The third-order valence-electron chi connectivity index (χ3n) is 6.65. The maximum absolute atomic E-state index is 13.6. The van der Waals surface area contributed by atoms with Gasteiger partial charge in [0.1, 0.15) is 24.0 Å². The summed E-state index contributed by atoms with van der Waals surface area (Å²) in [4.78, 5) is 36.2. The molecule has 3 heterocycles. The normalized spacial score (nSPS) is 12.6. The highest BCUT2D eigenvalue weighted by Crippen LogP contribution is 2.29. The fourth-order valence-electron chi connectivity index (χ4n) is 4.68. The van der Waals surface area contributed by atoms with E-state index in [1.54, 1.807) is 42.5 Å². The predicted octanol–water partition coefficient (Wildman–Crippen LogP) is 4.12. The van der Waals surface area contributed by atoms with Crippen molar-refractivity contribution in [3.8, 4) is 5.75 Å². The number of hydrogen-bond acceptors (Lipinski definition) is 6. The number of ether oxygens (including phenoxy) is 2. The molecule has 0 atom stereocenters. The molecule has 2 aromatic heterocycles. The molecule has 39 heavy (non-hydrogen) atoms. The molecule has 5 rings (SSSR count). The predicted molar refractivity (Wildman–Crippen MR) is 148 cm³/mol. The number of nitrogens with zero attached hydrogens (tertiary/aromatic N) is 3. The summed E-state index contributed by atoms with van der Waals surface area (Å²) >= 11 is 0. The van der Waals surface area contributed by atoms with Crippen molar-refractivity contribution in [2.45, 2.75) is 26.4 Å². The van der Waals surface area contributed by atoms with Crippen LogP contribution in [-0.4, -0.2) is 58.2 Å². The van der Waals surface area contributed by atoms with E-state index in [9.17, 15) is 9.59 Å². The monoisotopic (exact) mass is 528 g/mol. The second kappa shape index (κ2) is 11.9. The van der Waals surface area contributed by atoms with Gasteiger partial charge in [0.05, 0.1) is 25.0 Å². The van der Waals surface area contributed by atoms with Gasteiger partial charge in [0.25, 0.3) is 11.8 Å². The smallest absolute Gasteiger partial charge is 0.276 e. The minimum absolute atomic E-state index is 0.108. The lowest BCUT2D eigenvalue weighted by Gasteiger charge is -2.29. The van der Waals surface area contributed by atoms with Gasteiger partial charge in [0.15, 0.2) is 5.69 Å². The Bertz CT molecular complexity index is 1430. The number of H-pyrrole nitrogens is 1. The van der Waals surface area contributed by atoms with Crippen molar-refractivity contribution in [1.82, 2.24) is 19.4 Å². The zero-order valence-electron chi connectivity index (χ0n) is 22.1. The molecule has 1 aliphatic heterocycles. The maximum Gasteiger partial charge on any atom is 0.276 e. The van der Waals surface area contributed by atoms with E-state index in [1.165, 1.54) is 0 Å². The fourth-order valence-corrected chi connectivity index (χ4v) is 4.68. The van der Waals surface area contributed by atoms with Crippen LogP contribution in [-0.2, 0) is 24.2 Å². The molecule has 0 aliphatic carbocycles. The van der Waals surface area contributed by atoms with Crippen molar-refractivity contribution in [3.05, 3.63) is 95.3 Å². The quantitative estimate of drug-likeness (QED) is 0.211. The number of carbonyl (C=O) groups is 2. The molecule has 0 fully saturated rings. The van der Waals surface area contributed by atoms with E-state index in [4.69, 9.17) is 14.5 Å². The Kier molecular flexibility index (Phi) is 7.93. The minimum atomic E-state index is -0.343. The van der Waals surface area contributed by atoms with Crippen molar-refractivity contribution in [1.29, 1.82) is 0 Å². The number of methoxy groups -OCH3 is 1. The van der Waals surface area contributed by atoms with Crippen LogP contribution in [0.15, 0.2) is 66.9 Å². The summed E-state index contributed by atoms with van der Waals surface area (Å²) in [5, 5.41) is 6.12. The van der Waals surface area contributed by atoms with Crippen LogP contribution in [0.3, 0.4) is 0 Å². The molecule has 10 nitrogen and oxygen atoms in total. The first-order valence-corrected chi connectivity index (χ1v) is 12.9. The number of rotatable bonds is 10. The highest BCUT2D eigenvalue weighted by atomic mass is 16.5. The van der Waals surface area contributed by atoms with Crippen LogP contribution in [0.4, 0.5) is 11.4 Å². The second-order valence-corrected chi connectivity index (χ2v) is 9.13. The Morgan fingerprint density at radius 3 is 2.67 bits per heavy atom. The Morgan fingerprint density at radius 1 is 1.08 bits per heavy atom. The summed E-state index contributed by atoms with van der Waals surface area (Å²) in [5.74, 6) is 0.917. The van der Waals surface area contributed by atoms with Gasteiger partial charge in [-0.05, 0) is 36.8 Å². The van der Waals surface area contributed by atoms with Crippen molar-refractivity contribution < 1.29 is 19.1 Å². The first-order valence-electron chi connectivity index (χ1n) is 12.9. The molecule has 2 amide bonds. The van der Waals surface area contributed by atoms with Crippen LogP contribution < -0.4 is 15.4 Å². The lowest BCUT2D eigenvalue weighted by Crippen LogP contribution is -2.39. The Balaban J connectivity index is 1.42. The van der Waals surface area contributed by atoms with Crippen LogP contribution in [0.25, 0.3) is 0 Å². The molecule has 202 valence electrons. The average Bonchev–Trinajstić information content (AvgIpc) is 3.63. The number of carbonyl (C=O) groups excluding carboxylic acids is 2. The van der Waals surface area contributed by atoms with Gasteiger partial charge in [0, 0.05) is 44.1 Å². The maximum atomic E-state index is 13.6. The molecule has 0 spiro atoms. The van der Waals surface area contributed by atoms with Crippen LogP contribution in [0, 0.1) is 0 Å². The van der Waals surface area contributed by atoms with E-state index in [1.807, 2.05) is 43.3 Å². The SMILES string of the molecule is CCOCNc1ccc(NC(=O)c2nc(Cc3ccccc3)n3c2CN(C(=O)c2ccc[nH]2)CC3)cc1OC. The van der Waals surface area contributed by atoms with E-state index >= 15 is 0 Å². The number of fused-ring (bicyclic) bond motifs is 1. The van der Waals surface area contributed by atoms with E-state index in [0.29, 0.717) is 61.4 Å². The molecule has 1 aliphatic rings. The average molecular weight is 529 g/mol. The fraction of sp³-hybridized carbons (Fsp3) is 0.276. The summed E-state index contributed by atoms with van der Waals surface area (Å²) in [7, 11) is 1.57. The number of imidazole rings is 1. The number of amides is 2. The zero-order valence-corrected chi connectivity index (χ0v) is 22.1. The molecular weight excluding hydrogens is 496 g/mol. The summed E-state index contributed by atoms with van der Waals surface area (Å²) in [6.45, 7) is 4.23. The molecule has 3 N–H and O–H groups in total. The third kappa shape index (κ3) is 5.80. The van der Waals surface area contributed by atoms with Gasteiger partial charge in [-0.25, -0.2) is 4.98 Å². The van der Waals surface area contributed by atoms with Gasteiger partial charge in [-0.1, -0.05) is 30.3 Å². The molecule has 4 aromatic rings. The van der Waals surface area contributed by atoms with Gasteiger partial charge in [0.2, 0.25) is 0 Å². The number of nitrogens with one attached hydrogen (secondary N) is 3. The molecular formula is C29H32N6O4. The Hall–Kier alpha value is -4.57. The van der Waals surface area contributed by atoms with Gasteiger partial charge in [-0.3, -0.25) is 9.59 Å². The second-order valence-electron chi connectivity index (χ2n) is 9.13. The minimum Gasteiger partial charge on any atom is -0.495 e.